The average molecular weight is 409 g/mol. The lowest BCUT2D eigenvalue weighted by Crippen LogP contribution is -2.15. The molecule has 4 rings (SSSR count). The number of carbonyl (C=O) groups excluding carboxylic acids is 1. The second kappa shape index (κ2) is 6.69. The van der Waals surface area contributed by atoms with Gasteiger partial charge in [-0.2, -0.15) is 0 Å². The third kappa shape index (κ3) is 2.93. The summed E-state index contributed by atoms with van der Waals surface area (Å²) in [7, 11) is 1.79. The number of hydrogen-bond acceptors (Lipinski definition) is 3. The minimum Gasteiger partial charge on any atom is -0.323 e. The first kappa shape index (κ1) is 18.1. The van der Waals surface area contributed by atoms with Gasteiger partial charge >= 0.3 is 0 Å². The molecule has 9 heteroatoms. The Labute approximate surface area is 163 Å². The molecule has 0 saturated heterocycles. The van der Waals surface area contributed by atoms with Crippen LogP contribution in [-0.4, -0.2) is 24.6 Å². The minimum absolute atomic E-state index is 0.0323. The van der Waals surface area contributed by atoms with Gasteiger partial charge in [0.25, 0.3) is 0 Å². The summed E-state index contributed by atoms with van der Waals surface area (Å²) >= 11 is 11.3. The van der Waals surface area contributed by atoms with Crippen LogP contribution in [0.15, 0.2) is 30.9 Å². The van der Waals surface area contributed by atoms with Crippen molar-refractivity contribution in [2.75, 3.05) is 0 Å². The van der Waals surface area contributed by atoms with Crippen molar-refractivity contribution in [3.63, 3.8) is 0 Å². The molecule has 0 fully saturated rings. The van der Waals surface area contributed by atoms with Crippen molar-refractivity contribution in [1.29, 1.82) is 0 Å². The summed E-state index contributed by atoms with van der Waals surface area (Å²) in [6.07, 6.45) is 5.04. The lowest BCUT2D eigenvalue weighted by atomic mass is 9.95. The second-order valence-electron chi connectivity index (χ2n) is 6.54. The molecule has 1 atom stereocenters. The molecule has 0 spiro atoms. The van der Waals surface area contributed by atoms with Crippen molar-refractivity contribution in [2.24, 2.45) is 7.05 Å². The van der Waals surface area contributed by atoms with Gasteiger partial charge < -0.3 is 9.13 Å². The molecule has 0 unspecified atom stereocenters. The molecule has 1 aliphatic rings. The number of rotatable bonds is 3. The van der Waals surface area contributed by atoms with Gasteiger partial charge in [-0.05, 0) is 30.8 Å². The Balaban J connectivity index is 1.70. The van der Waals surface area contributed by atoms with Crippen LogP contribution in [0.3, 0.4) is 0 Å². The van der Waals surface area contributed by atoms with Crippen LogP contribution in [0.25, 0.3) is 0 Å². The number of halogens is 3. The fraction of sp³-hybridized carbons (Fsp3) is 0.278. The summed E-state index contributed by atoms with van der Waals surface area (Å²) < 4.78 is 34.3. The molecule has 3 heterocycles. The van der Waals surface area contributed by atoms with Crippen LogP contribution in [-0.2, 0) is 26.4 Å². The average Bonchev–Trinajstić information content (AvgIpc) is 3.35. The van der Waals surface area contributed by atoms with E-state index in [1.54, 1.807) is 17.8 Å². The largest absolute Gasteiger partial charge is 0.323 e. The summed E-state index contributed by atoms with van der Waals surface area (Å²) in [5.41, 5.74) is 1.53. The van der Waals surface area contributed by atoms with E-state index < -0.39 is 17.6 Å². The van der Waals surface area contributed by atoms with Crippen molar-refractivity contribution in [2.45, 2.75) is 25.3 Å². The Kier molecular flexibility index (Phi) is 4.47. The highest BCUT2D eigenvalue weighted by Crippen LogP contribution is 2.37. The fourth-order valence-corrected chi connectivity index (χ4v) is 4.13. The molecule has 0 radical (unpaired) electrons. The molecule has 1 aromatic carbocycles. The van der Waals surface area contributed by atoms with Crippen LogP contribution in [0.1, 0.15) is 27.7 Å². The van der Waals surface area contributed by atoms with Gasteiger partial charge in [-0.15, -0.1) is 0 Å². The maximum atomic E-state index is 14.4. The smallest absolute Gasteiger partial charge is 0.237 e. The molecule has 0 amide bonds. The first-order valence-corrected chi connectivity index (χ1v) is 9.09. The third-order valence-corrected chi connectivity index (χ3v) is 5.81. The predicted molar refractivity (Wildman–Crippen MR) is 98.6 cm³/mol. The summed E-state index contributed by atoms with van der Waals surface area (Å²) in [5, 5.41) is -0.109. The van der Waals surface area contributed by atoms with Crippen molar-refractivity contribution >= 4 is 29.7 Å². The van der Waals surface area contributed by atoms with E-state index in [2.05, 4.69) is 4.98 Å². The maximum Gasteiger partial charge on any atom is 0.237 e. The van der Waals surface area contributed by atoms with Crippen molar-refractivity contribution < 1.29 is 13.6 Å². The van der Waals surface area contributed by atoms with E-state index in [0.29, 0.717) is 17.7 Å². The van der Waals surface area contributed by atoms with Crippen LogP contribution in [0.2, 0.25) is 5.02 Å². The topological polar surface area (TPSA) is 44.8 Å². The number of benzene rings is 1. The Bertz CT molecular complexity index is 1100. The van der Waals surface area contributed by atoms with E-state index >= 15 is 0 Å². The van der Waals surface area contributed by atoms with E-state index in [4.69, 9.17) is 23.8 Å². The van der Waals surface area contributed by atoms with Crippen molar-refractivity contribution in [3.8, 4) is 0 Å². The molecule has 0 aliphatic carbocycles. The van der Waals surface area contributed by atoms with Crippen LogP contribution in [0.4, 0.5) is 8.78 Å². The lowest BCUT2D eigenvalue weighted by molar-refractivity contribution is 0.0911. The number of imidazole rings is 2. The van der Waals surface area contributed by atoms with Crippen molar-refractivity contribution in [1.82, 2.24) is 18.7 Å². The maximum absolute atomic E-state index is 14.4. The summed E-state index contributed by atoms with van der Waals surface area (Å²) in [6.45, 7) is 0.343. The Morgan fingerprint density at radius 2 is 2.19 bits per heavy atom. The SMILES string of the molecule is Cn1c(CC(=O)n2ccnc2)c2n(c1=S)C[C@H](c1c(F)ccc(Cl)c1F)C2. The molecule has 3 aromatic rings. The predicted octanol–water partition coefficient (Wildman–Crippen LogP) is 3.91. The molecule has 140 valence electrons. The lowest BCUT2D eigenvalue weighted by Gasteiger charge is -2.14. The summed E-state index contributed by atoms with van der Waals surface area (Å²) in [4.78, 5) is 16.3. The highest BCUT2D eigenvalue weighted by Gasteiger charge is 2.33. The molecule has 1 aliphatic heterocycles. The van der Waals surface area contributed by atoms with Gasteiger partial charge in [0.2, 0.25) is 5.91 Å². The Morgan fingerprint density at radius 1 is 1.41 bits per heavy atom. The number of hydrogen-bond donors (Lipinski definition) is 0. The third-order valence-electron chi connectivity index (χ3n) is 5.02. The van der Waals surface area contributed by atoms with Gasteiger partial charge in [-0.1, -0.05) is 11.6 Å². The molecule has 27 heavy (non-hydrogen) atoms. The summed E-state index contributed by atoms with van der Waals surface area (Å²) in [6, 6.07) is 2.38. The first-order valence-electron chi connectivity index (χ1n) is 8.30. The van der Waals surface area contributed by atoms with Crippen LogP contribution in [0.5, 0.6) is 0 Å². The molecule has 5 nitrogen and oxygen atoms in total. The van der Waals surface area contributed by atoms with Crippen molar-refractivity contribution in [3.05, 3.63) is 69.2 Å². The monoisotopic (exact) mass is 408 g/mol. The zero-order valence-corrected chi connectivity index (χ0v) is 15.9. The minimum atomic E-state index is -0.737. The molecule has 0 N–H and O–H groups in total. The standard InChI is InChI=1S/C18H15ClF2N4OS/c1-23-13(7-15(26)24-5-4-22-9-24)14-6-10(8-25(14)18(23)27)16-12(20)3-2-11(19)17(16)21/h2-5,9-10H,6-8H2,1H3/t10-/m1/s1. The van der Waals surface area contributed by atoms with Crippen LogP contribution < -0.4 is 0 Å². The van der Waals surface area contributed by atoms with Gasteiger partial charge in [0.05, 0.1) is 11.4 Å². The van der Waals surface area contributed by atoms with Gasteiger partial charge in [-0.3, -0.25) is 9.36 Å². The van der Waals surface area contributed by atoms with E-state index in [1.165, 1.54) is 29.2 Å². The molecule has 0 saturated carbocycles. The first-order chi connectivity index (χ1) is 12.9. The van der Waals surface area contributed by atoms with E-state index in [0.717, 1.165) is 11.4 Å². The normalized spacial score (nSPS) is 15.9. The zero-order valence-electron chi connectivity index (χ0n) is 14.3. The molecular formula is C18H15ClF2N4OS. The number of carbonyl (C=O) groups is 1. The van der Waals surface area contributed by atoms with Crippen LogP contribution in [0, 0.1) is 16.4 Å². The fourth-order valence-electron chi connectivity index (χ4n) is 3.67. The quantitative estimate of drug-likeness (QED) is 0.487. The Hall–Kier alpha value is -2.32. The highest BCUT2D eigenvalue weighted by atomic mass is 35.5. The van der Waals surface area contributed by atoms with Gasteiger partial charge in [-0.25, -0.2) is 13.8 Å². The molecule has 0 bridgehead atoms. The second-order valence-corrected chi connectivity index (χ2v) is 7.32. The highest BCUT2D eigenvalue weighted by molar-refractivity contribution is 7.71. The van der Waals surface area contributed by atoms with Gasteiger partial charge in [0.1, 0.15) is 18.0 Å². The van der Waals surface area contributed by atoms with Gasteiger partial charge in [0.15, 0.2) is 4.77 Å². The number of fused-ring (bicyclic) bond motifs is 1. The van der Waals surface area contributed by atoms with Crippen LogP contribution >= 0.6 is 23.8 Å². The zero-order chi connectivity index (χ0) is 19.3. The summed E-state index contributed by atoms with van der Waals surface area (Å²) in [5.74, 6) is -1.95. The number of aromatic nitrogens is 4. The van der Waals surface area contributed by atoms with E-state index in [1.807, 2.05) is 4.57 Å². The Morgan fingerprint density at radius 3 is 2.89 bits per heavy atom. The molecular weight excluding hydrogens is 394 g/mol. The van der Waals surface area contributed by atoms with E-state index in [-0.39, 0.29) is 22.9 Å². The number of nitrogens with zero attached hydrogens (tertiary/aromatic N) is 4. The molecule has 2 aromatic heterocycles. The van der Waals surface area contributed by atoms with Gasteiger partial charge in [0, 0.05) is 48.9 Å². The van der Waals surface area contributed by atoms with E-state index in [9.17, 15) is 13.6 Å².